The molecule has 1 aliphatic heterocycles. The minimum atomic E-state index is -2.24. The van der Waals surface area contributed by atoms with Crippen LogP contribution in [0.4, 0.5) is 8.78 Å². The van der Waals surface area contributed by atoms with Gasteiger partial charge in [0.05, 0.1) is 13.2 Å². The summed E-state index contributed by atoms with van der Waals surface area (Å²) in [6, 6.07) is 8.82. The number of benzene rings is 1. The lowest BCUT2D eigenvalue weighted by molar-refractivity contribution is 0.0716. The van der Waals surface area contributed by atoms with E-state index in [9.17, 15) is 8.78 Å². The summed E-state index contributed by atoms with van der Waals surface area (Å²) in [7, 11) is 0. The zero-order chi connectivity index (χ0) is 18.2. The first-order valence-electron chi connectivity index (χ1n) is 9.47. The third-order valence-corrected chi connectivity index (χ3v) is 4.72. The van der Waals surface area contributed by atoms with Crippen LogP contribution in [0.3, 0.4) is 0 Å². The Bertz CT molecular complexity index is 502. The highest BCUT2D eigenvalue weighted by Gasteiger charge is 2.25. The normalized spacial score (nSPS) is 18.0. The molecule has 0 aliphatic carbocycles. The molecule has 1 aliphatic rings. The predicted octanol–water partition coefficient (Wildman–Crippen LogP) is 4.49. The third kappa shape index (κ3) is 6.55. The van der Waals surface area contributed by atoms with E-state index in [1.54, 1.807) is 0 Å². The molecule has 3 nitrogen and oxygen atoms in total. The van der Waals surface area contributed by atoms with Crippen molar-refractivity contribution in [1.82, 2.24) is 10.2 Å². The van der Waals surface area contributed by atoms with Crippen LogP contribution in [0.1, 0.15) is 51.6 Å². The summed E-state index contributed by atoms with van der Waals surface area (Å²) in [5.41, 5.74) is 1.20. The lowest BCUT2D eigenvalue weighted by atomic mass is 9.94. The molecular weight excluding hydrogens is 322 g/mol. The zero-order valence-corrected chi connectivity index (χ0v) is 15.7. The molecule has 0 radical (unpaired) electrons. The standard InChI is InChI=1S/C20H32F2N2O/c1-4-25-19-8-6-5-7-17(19)18(13-15(2)3)23-16-9-11-24(12-10-16)14-20(21)22/h5-8,15-16,18,20,23H,4,9-14H2,1-3H3. The summed E-state index contributed by atoms with van der Waals surface area (Å²) >= 11 is 0. The van der Waals surface area contributed by atoms with Gasteiger partial charge in [0.2, 0.25) is 0 Å². The van der Waals surface area contributed by atoms with Crippen molar-refractivity contribution in [3.63, 3.8) is 0 Å². The van der Waals surface area contributed by atoms with Crippen molar-refractivity contribution in [3.8, 4) is 5.75 Å². The number of hydrogen-bond acceptors (Lipinski definition) is 3. The fraction of sp³-hybridized carbons (Fsp3) is 0.700. The molecule has 5 heteroatoms. The number of nitrogens with zero attached hydrogens (tertiary/aromatic N) is 1. The lowest BCUT2D eigenvalue weighted by Crippen LogP contribution is -2.45. The van der Waals surface area contributed by atoms with Crippen molar-refractivity contribution in [2.45, 2.75) is 58.5 Å². The molecule has 1 fully saturated rings. The van der Waals surface area contributed by atoms with Gasteiger partial charge in [0.25, 0.3) is 6.43 Å². The van der Waals surface area contributed by atoms with Gasteiger partial charge in [0.1, 0.15) is 5.75 Å². The number of alkyl halides is 2. The van der Waals surface area contributed by atoms with Gasteiger partial charge in [-0.2, -0.15) is 0 Å². The maximum Gasteiger partial charge on any atom is 0.251 e. The number of ether oxygens (including phenoxy) is 1. The summed E-state index contributed by atoms with van der Waals surface area (Å²) in [5, 5.41) is 3.78. The van der Waals surface area contributed by atoms with Crippen LogP contribution in [0.15, 0.2) is 24.3 Å². The minimum Gasteiger partial charge on any atom is -0.494 e. The van der Waals surface area contributed by atoms with Crippen LogP contribution in [-0.4, -0.2) is 43.6 Å². The minimum absolute atomic E-state index is 0.102. The van der Waals surface area contributed by atoms with Crippen molar-refractivity contribution in [2.75, 3.05) is 26.2 Å². The Morgan fingerprint density at radius 3 is 2.48 bits per heavy atom. The molecule has 25 heavy (non-hydrogen) atoms. The van der Waals surface area contributed by atoms with Crippen LogP contribution in [0, 0.1) is 5.92 Å². The number of piperidine rings is 1. The molecule has 1 atom stereocenters. The van der Waals surface area contributed by atoms with Crippen molar-refractivity contribution >= 4 is 0 Å². The molecule has 0 spiro atoms. The van der Waals surface area contributed by atoms with Crippen molar-refractivity contribution in [1.29, 1.82) is 0 Å². The first-order valence-corrected chi connectivity index (χ1v) is 9.47. The predicted molar refractivity (Wildman–Crippen MR) is 98.4 cm³/mol. The van der Waals surface area contributed by atoms with Crippen LogP contribution in [0.25, 0.3) is 0 Å². The van der Waals surface area contributed by atoms with Crippen molar-refractivity contribution < 1.29 is 13.5 Å². The van der Waals surface area contributed by atoms with Gasteiger partial charge >= 0.3 is 0 Å². The van der Waals surface area contributed by atoms with Crippen LogP contribution < -0.4 is 10.1 Å². The van der Waals surface area contributed by atoms with Crippen LogP contribution >= 0.6 is 0 Å². The van der Waals surface area contributed by atoms with Crippen LogP contribution in [0.5, 0.6) is 5.75 Å². The van der Waals surface area contributed by atoms with Gasteiger partial charge in [-0.3, -0.25) is 4.90 Å². The SMILES string of the molecule is CCOc1ccccc1C(CC(C)C)NC1CCN(CC(F)F)CC1. The smallest absolute Gasteiger partial charge is 0.251 e. The molecule has 1 aromatic carbocycles. The molecule has 1 saturated heterocycles. The Balaban J connectivity index is 2.02. The summed E-state index contributed by atoms with van der Waals surface area (Å²) < 4.78 is 30.9. The average Bonchev–Trinajstić information content (AvgIpc) is 2.56. The number of hydrogen-bond donors (Lipinski definition) is 1. The summed E-state index contributed by atoms with van der Waals surface area (Å²) in [5.74, 6) is 1.50. The van der Waals surface area contributed by atoms with E-state index in [2.05, 4.69) is 31.3 Å². The van der Waals surface area contributed by atoms with Gasteiger partial charge in [-0.25, -0.2) is 8.78 Å². The molecule has 1 aromatic rings. The first-order chi connectivity index (χ1) is 12.0. The lowest BCUT2D eigenvalue weighted by Gasteiger charge is -2.35. The highest BCUT2D eigenvalue weighted by molar-refractivity contribution is 5.36. The van der Waals surface area contributed by atoms with E-state index in [-0.39, 0.29) is 12.6 Å². The van der Waals surface area contributed by atoms with Gasteiger partial charge in [0.15, 0.2) is 0 Å². The van der Waals surface area contributed by atoms with Gasteiger partial charge in [0, 0.05) is 17.6 Å². The zero-order valence-electron chi connectivity index (χ0n) is 15.7. The second kappa shape index (κ2) is 10.1. The molecule has 1 N–H and O–H groups in total. The Morgan fingerprint density at radius 2 is 1.88 bits per heavy atom. The Kier molecular flexibility index (Phi) is 8.10. The van der Waals surface area contributed by atoms with Gasteiger partial charge in [-0.05, 0) is 51.3 Å². The highest BCUT2D eigenvalue weighted by Crippen LogP contribution is 2.31. The molecule has 0 saturated carbocycles. The number of nitrogens with one attached hydrogen (secondary N) is 1. The second-order valence-electron chi connectivity index (χ2n) is 7.29. The van der Waals surface area contributed by atoms with Crippen LogP contribution in [0.2, 0.25) is 0 Å². The summed E-state index contributed by atoms with van der Waals surface area (Å²) in [4.78, 5) is 1.87. The number of likely N-dealkylation sites (tertiary alicyclic amines) is 1. The number of para-hydroxylation sites is 1. The van der Waals surface area contributed by atoms with E-state index in [4.69, 9.17) is 4.74 Å². The topological polar surface area (TPSA) is 24.5 Å². The summed E-state index contributed by atoms with van der Waals surface area (Å²) in [6.07, 6.45) is 0.619. The quantitative estimate of drug-likeness (QED) is 0.707. The van der Waals surface area contributed by atoms with E-state index in [0.717, 1.165) is 38.1 Å². The van der Waals surface area contributed by atoms with Gasteiger partial charge < -0.3 is 10.1 Å². The van der Waals surface area contributed by atoms with Crippen molar-refractivity contribution in [2.24, 2.45) is 5.92 Å². The second-order valence-corrected chi connectivity index (χ2v) is 7.29. The fourth-order valence-corrected chi connectivity index (χ4v) is 3.57. The van der Waals surface area contributed by atoms with E-state index in [0.29, 0.717) is 18.6 Å². The van der Waals surface area contributed by atoms with E-state index >= 15 is 0 Å². The van der Waals surface area contributed by atoms with Crippen LogP contribution in [-0.2, 0) is 0 Å². The Morgan fingerprint density at radius 1 is 1.20 bits per heavy atom. The first kappa shape index (κ1) is 20.1. The van der Waals surface area contributed by atoms with Gasteiger partial charge in [-0.1, -0.05) is 32.0 Å². The molecular formula is C20H32F2N2O. The van der Waals surface area contributed by atoms with E-state index in [1.165, 1.54) is 5.56 Å². The molecule has 0 bridgehead atoms. The summed E-state index contributed by atoms with van der Waals surface area (Å²) in [6.45, 7) is 8.48. The largest absolute Gasteiger partial charge is 0.494 e. The fourth-order valence-electron chi connectivity index (χ4n) is 3.57. The molecule has 0 aromatic heterocycles. The van der Waals surface area contributed by atoms with Gasteiger partial charge in [-0.15, -0.1) is 0 Å². The maximum atomic E-state index is 12.5. The molecule has 1 unspecified atom stereocenters. The Labute approximate surface area is 150 Å². The number of halogens is 2. The molecule has 142 valence electrons. The monoisotopic (exact) mass is 354 g/mol. The maximum absolute atomic E-state index is 12.5. The average molecular weight is 354 g/mol. The van der Waals surface area contributed by atoms with E-state index in [1.807, 2.05) is 24.0 Å². The highest BCUT2D eigenvalue weighted by atomic mass is 19.3. The molecule has 1 heterocycles. The molecule has 2 rings (SSSR count). The van der Waals surface area contributed by atoms with E-state index < -0.39 is 6.43 Å². The third-order valence-electron chi connectivity index (χ3n) is 4.72. The van der Waals surface area contributed by atoms with Crippen molar-refractivity contribution in [3.05, 3.63) is 29.8 Å². The number of rotatable bonds is 9. The Hall–Kier alpha value is -1.20. The molecule has 0 amide bonds.